The smallest absolute Gasteiger partial charge is 0.245 e. The van der Waals surface area contributed by atoms with E-state index in [0.717, 1.165) is 23.0 Å². The summed E-state index contributed by atoms with van der Waals surface area (Å²) >= 11 is 3.49. The molecule has 6 nitrogen and oxygen atoms in total. The minimum Gasteiger partial charge on any atom is -0.338 e. The van der Waals surface area contributed by atoms with Gasteiger partial charge in [-0.15, -0.1) is 0 Å². The minimum absolute atomic E-state index is 0.0896. The maximum Gasteiger partial charge on any atom is 0.245 e. The van der Waals surface area contributed by atoms with Crippen molar-refractivity contribution in [2.45, 2.75) is 12.8 Å². The number of rotatable bonds is 4. The number of carbonyl (C=O) groups is 2. The first-order chi connectivity index (χ1) is 12.1. The third kappa shape index (κ3) is 3.99. The van der Waals surface area contributed by atoms with Gasteiger partial charge in [-0.2, -0.15) is 5.10 Å². The van der Waals surface area contributed by atoms with E-state index in [1.165, 1.54) is 6.08 Å². The van der Waals surface area contributed by atoms with Crippen molar-refractivity contribution in [2.24, 2.45) is 5.92 Å². The summed E-state index contributed by atoms with van der Waals surface area (Å²) in [5, 5.41) is 7.19. The van der Waals surface area contributed by atoms with Crippen LogP contribution in [-0.4, -0.2) is 39.6 Å². The quantitative estimate of drug-likeness (QED) is 0.799. The van der Waals surface area contributed by atoms with Crippen LogP contribution in [0.25, 0.3) is 5.69 Å². The highest BCUT2D eigenvalue weighted by molar-refractivity contribution is 9.10. The van der Waals surface area contributed by atoms with Crippen LogP contribution in [0.15, 0.2) is 53.8 Å². The number of aromatic nitrogens is 2. The Hall–Kier alpha value is -2.41. The van der Waals surface area contributed by atoms with Crippen LogP contribution in [0.1, 0.15) is 12.8 Å². The predicted octanol–water partition coefficient (Wildman–Crippen LogP) is 3.00. The van der Waals surface area contributed by atoms with E-state index in [4.69, 9.17) is 0 Å². The lowest BCUT2D eigenvalue weighted by Crippen LogP contribution is -2.43. The molecule has 1 fully saturated rings. The maximum atomic E-state index is 12.5. The van der Waals surface area contributed by atoms with Crippen molar-refractivity contribution in [3.63, 3.8) is 0 Å². The molecule has 1 aliphatic rings. The lowest BCUT2D eigenvalue weighted by molar-refractivity contribution is -0.130. The highest BCUT2D eigenvalue weighted by Crippen LogP contribution is 2.22. The van der Waals surface area contributed by atoms with Gasteiger partial charge in [-0.05, 0) is 47.0 Å². The van der Waals surface area contributed by atoms with Crippen molar-refractivity contribution in [2.75, 3.05) is 18.4 Å². The molecule has 25 heavy (non-hydrogen) atoms. The Kier molecular flexibility index (Phi) is 5.33. The number of anilines is 1. The molecule has 1 unspecified atom stereocenters. The molecule has 2 heterocycles. The second-order valence-corrected chi connectivity index (χ2v) is 6.80. The molecule has 1 aromatic heterocycles. The van der Waals surface area contributed by atoms with Crippen LogP contribution >= 0.6 is 15.9 Å². The molecule has 1 saturated heterocycles. The zero-order valence-corrected chi connectivity index (χ0v) is 15.3. The molecule has 2 aromatic rings. The number of halogens is 1. The van der Waals surface area contributed by atoms with Gasteiger partial charge in [0.2, 0.25) is 11.8 Å². The zero-order chi connectivity index (χ0) is 17.8. The number of likely N-dealkylation sites (tertiary alicyclic amines) is 1. The Morgan fingerprint density at radius 2 is 2.16 bits per heavy atom. The molecule has 1 aromatic carbocycles. The first-order valence-corrected chi connectivity index (χ1v) is 8.89. The largest absolute Gasteiger partial charge is 0.338 e. The number of benzene rings is 1. The van der Waals surface area contributed by atoms with Gasteiger partial charge in [0.1, 0.15) is 0 Å². The molecule has 0 radical (unpaired) electrons. The van der Waals surface area contributed by atoms with Gasteiger partial charge >= 0.3 is 0 Å². The van der Waals surface area contributed by atoms with E-state index >= 15 is 0 Å². The van der Waals surface area contributed by atoms with Crippen molar-refractivity contribution < 1.29 is 9.59 Å². The van der Waals surface area contributed by atoms with Crippen LogP contribution in [0.2, 0.25) is 0 Å². The number of nitrogens with zero attached hydrogens (tertiary/aromatic N) is 3. The third-order valence-corrected chi connectivity index (χ3v) is 4.90. The van der Waals surface area contributed by atoms with Gasteiger partial charge in [0.25, 0.3) is 0 Å². The predicted molar refractivity (Wildman–Crippen MR) is 99.4 cm³/mol. The van der Waals surface area contributed by atoms with Gasteiger partial charge < -0.3 is 10.2 Å². The number of carbonyl (C=O) groups excluding carboxylic acids is 2. The number of hydrogen-bond donors (Lipinski definition) is 1. The maximum absolute atomic E-state index is 12.5. The number of nitrogens with one attached hydrogen (secondary N) is 1. The van der Waals surface area contributed by atoms with Gasteiger partial charge in [-0.3, -0.25) is 9.59 Å². The number of hydrogen-bond acceptors (Lipinski definition) is 3. The Labute approximate surface area is 154 Å². The molecule has 0 spiro atoms. The number of piperidine rings is 1. The summed E-state index contributed by atoms with van der Waals surface area (Å²) in [4.78, 5) is 25.9. The monoisotopic (exact) mass is 402 g/mol. The van der Waals surface area contributed by atoms with Gasteiger partial charge in [0, 0.05) is 17.6 Å². The number of amides is 2. The molecule has 130 valence electrons. The zero-order valence-electron chi connectivity index (χ0n) is 13.7. The van der Waals surface area contributed by atoms with Crippen LogP contribution in [0.4, 0.5) is 5.69 Å². The summed E-state index contributed by atoms with van der Waals surface area (Å²) in [6, 6.07) is 7.72. The Morgan fingerprint density at radius 3 is 2.92 bits per heavy atom. The van der Waals surface area contributed by atoms with Gasteiger partial charge in [0.15, 0.2) is 0 Å². The fourth-order valence-corrected chi connectivity index (χ4v) is 3.39. The average Bonchev–Trinajstić information content (AvgIpc) is 3.09. The molecule has 1 atom stereocenters. The lowest BCUT2D eigenvalue weighted by Gasteiger charge is -2.31. The standard InChI is InChI=1S/C18H19BrN4O2/c1-2-17(24)22-9-5-6-13(11-22)18(25)21-14-10-20-23(12-14)16-8-4-3-7-15(16)19/h2-4,7-8,10,12-13H,1,5-6,9,11H2,(H,21,25). The topological polar surface area (TPSA) is 67.2 Å². The van der Waals surface area contributed by atoms with E-state index in [1.54, 1.807) is 22.0 Å². The molecular formula is C18H19BrN4O2. The second-order valence-electron chi connectivity index (χ2n) is 5.94. The highest BCUT2D eigenvalue weighted by Gasteiger charge is 2.27. The Balaban J connectivity index is 1.67. The molecule has 1 N–H and O–H groups in total. The first kappa shape index (κ1) is 17.4. The fraction of sp³-hybridized carbons (Fsp3) is 0.278. The molecule has 0 aliphatic carbocycles. The van der Waals surface area contributed by atoms with Crippen LogP contribution < -0.4 is 5.32 Å². The normalized spacial score (nSPS) is 17.2. The first-order valence-electron chi connectivity index (χ1n) is 8.10. The van der Waals surface area contributed by atoms with Crippen LogP contribution in [0.3, 0.4) is 0 Å². The molecule has 2 amide bonds. The fourth-order valence-electron chi connectivity index (χ4n) is 2.92. The molecule has 0 saturated carbocycles. The lowest BCUT2D eigenvalue weighted by atomic mass is 9.97. The van der Waals surface area contributed by atoms with E-state index in [0.29, 0.717) is 18.8 Å². The van der Waals surface area contributed by atoms with Gasteiger partial charge in [-0.1, -0.05) is 18.7 Å². The molecule has 1 aliphatic heterocycles. The van der Waals surface area contributed by atoms with Crippen LogP contribution in [0, 0.1) is 5.92 Å². The van der Waals surface area contributed by atoms with E-state index in [1.807, 2.05) is 24.3 Å². The van der Waals surface area contributed by atoms with E-state index in [9.17, 15) is 9.59 Å². The second kappa shape index (κ2) is 7.65. The summed E-state index contributed by atoms with van der Waals surface area (Å²) in [5.74, 6) is -0.433. The van der Waals surface area contributed by atoms with Crippen LogP contribution in [-0.2, 0) is 9.59 Å². The van der Waals surface area contributed by atoms with Crippen molar-refractivity contribution >= 4 is 33.4 Å². The van der Waals surface area contributed by atoms with E-state index in [-0.39, 0.29) is 17.7 Å². The van der Waals surface area contributed by atoms with E-state index < -0.39 is 0 Å². The summed E-state index contributed by atoms with van der Waals surface area (Å²) in [6.45, 7) is 4.61. The van der Waals surface area contributed by atoms with Crippen molar-refractivity contribution in [1.82, 2.24) is 14.7 Å². The highest BCUT2D eigenvalue weighted by atomic mass is 79.9. The molecular weight excluding hydrogens is 384 g/mol. The minimum atomic E-state index is -0.218. The Bertz CT molecular complexity index is 802. The van der Waals surface area contributed by atoms with E-state index in [2.05, 4.69) is 32.9 Å². The molecule has 3 rings (SSSR count). The average molecular weight is 403 g/mol. The molecule has 0 bridgehead atoms. The van der Waals surface area contributed by atoms with Crippen molar-refractivity contribution in [3.05, 3.63) is 53.8 Å². The van der Waals surface area contributed by atoms with Gasteiger partial charge in [0.05, 0.1) is 29.7 Å². The summed E-state index contributed by atoms with van der Waals surface area (Å²) in [6.07, 6.45) is 6.27. The molecule has 7 heteroatoms. The summed E-state index contributed by atoms with van der Waals surface area (Å²) < 4.78 is 2.62. The Morgan fingerprint density at radius 1 is 1.36 bits per heavy atom. The van der Waals surface area contributed by atoms with Crippen molar-refractivity contribution in [1.29, 1.82) is 0 Å². The SMILES string of the molecule is C=CC(=O)N1CCCC(C(=O)Nc2cnn(-c3ccccc3Br)c2)C1. The van der Waals surface area contributed by atoms with Crippen molar-refractivity contribution in [3.8, 4) is 5.69 Å². The van der Waals surface area contributed by atoms with Gasteiger partial charge in [-0.25, -0.2) is 4.68 Å². The van der Waals surface area contributed by atoms with Crippen LogP contribution in [0.5, 0.6) is 0 Å². The third-order valence-electron chi connectivity index (χ3n) is 4.23. The summed E-state index contributed by atoms with van der Waals surface area (Å²) in [7, 11) is 0. The number of para-hydroxylation sites is 1. The summed E-state index contributed by atoms with van der Waals surface area (Å²) in [5.41, 5.74) is 1.52.